The molecule has 0 bridgehead atoms. The van der Waals surface area contributed by atoms with E-state index in [-0.39, 0.29) is 24.3 Å². The summed E-state index contributed by atoms with van der Waals surface area (Å²) in [5.41, 5.74) is 0.734. The number of benzene rings is 1. The normalized spacial score (nSPS) is 11.2. The zero-order valence-electron chi connectivity index (χ0n) is 12.8. The Morgan fingerprint density at radius 3 is 2.96 bits per heavy atom. The van der Waals surface area contributed by atoms with Crippen LogP contribution in [0.25, 0.3) is 16.7 Å². The van der Waals surface area contributed by atoms with Crippen molar-refractivity contribution in [1.82, 2.24) is 29.5 Å². The van der Waals surface area contributed by atoms with E-state index in [0.29, 0.717) is 16.9 Å². The zero-order valence-corrected chi connectivity index (χ0v) is 12.8. The minimum absolute atomic E-state index is 0.0635. The van der Waals surface area contributed by atoms with Gasteiger partial charge in [0.15, 0.2) is 11.4 Å². The fraction of sp³-hybridized carbons (Fsp3) is 0.133. The fourth-order valence-corrected chi connectivity index (χ4v) is 2.55. The number of fused-ring (bicyclic) bond motifs is 2. The van der Waals surface area contributed by atoms with Crippen LogP contribution in [0.15, 0.2) is 50.7 Å². The maximum absolute atomic E-state index is 12.2. The molecular formula is C15H12N6O4. The summed E-state index contributed by atoms with van der Waals surface area (Å²) in [6.45, 7) is -0.124. The Bertz CT molecular complexity index is 1200. The third-order valence-electron chi connectivity index (χ3n) is 3.73. The van der Waals surface area contributed by atoms with Gasteiger partial charge >= 0.3 is 5.76 Å². The molecule has 0 atom stereocenters. The minimum atomic E-state index is -0.601. The lowest BCUT2D eigenvalue weighted by Crippen LogP contribution is -2.31. The van der Waals surface area contributed by atoms with Crippen molar-refractivity contribution < 1.29 is 9.21 Å². The topological polar surface area (TPSA) is 127 Å². The molecule has 1 amide bonds. The Labute approximate surface area is 138 Å². The number of amides is 1. The van der Waals surface area contributed by atoms with Crippen LogP contribution >= 0.6 is 0 Å². The summed E-state index contributed by atoms with van der Waals surface area (Å²) in [6.07, 6.45) is 3.05. The molecular weight excluding hydrogens is 328 g/mol. The number of carbonyl (C=O) groups excluding carboxylic acids is 1. The van der Waals surface area contributed by atoms with Gasteiger partial charge in [0.25, 0.3) is 5.56 Å². The Morgan fingerprint density at radius 1 is 1.24 bits per heavy atom. The fourth-order valence-electron chi connectivity index (χ4n) is 2.55. The second kappa shape index (κ2) is 5.74. The quantitative estimate of drug-likeness (QED) is 0.522. The summed E-state index contributed by atoms with van der Waals surface area (Å²) in [4.78, 5) is 38.1. The van der Waals surface area contributed by atoms with Gasteiger partial charge in [0, 0.05) is 12.4 Å². The smallest absolute Gasteiger partial charge is 0.408 e. The van der Waals surface area contributed by atoms with E-state index in [2.05, 4.69) is 20.5 Å². The predicted molar refractivity (Wildman–Crippen MR) is 85.9 cm³/mol. The van der Waals surface area contributed by atoms with Crippen LogP contribution in [0, 0.1) is 0 Å². The van der Waals surface area contributed by atoms with Crippen molar-refractivity contribution in [3.63, 3.8) is 0 Å². The van der Waals surface area contributed by atoms with E-state index in [1.54, 1.807) is 30.5 Å². The molecule has 0 spiro atoms. The molecule has 0 radical (unpaired) electrons. The number of H-pyrrole nitrogens is 1. The Hall–Kier alpha value is -3.69. The van der Waals surface area contributed by atoms with Gasteiger partial charge in [-0.15, -0.1) is 10.2 Å². The van der Waals surface area contributed by atoms with Gasteiger partial charge in [-0.3, -0.25) is 18.6 Å². The number of nitrogens with one attached hydrogen (secondary N) is 2. The highest BCUT2D eigenvalue weighted by molar-refractivity contribution is 5.79. The highest BCUT2D eigenvalue weighted by Gasteiger charge is 2.13. The second-order valence-corrected chi connectivity index (χ2v) is 5.30. The van der Waals surface area contributed by atoms with Crippen molar-refractivity contribution >= 4 is 22.7 Å². The maximum Gasteiger partial charge on any atom is 0.420 e. The molecule has 0 aliphatic rings. The van der Waals surface area contributed by atoms with E-state index in [9.17, 15) is 14.4 Å². The van der Waals surface area contributed by atoms with Crippen LogP contribution in [-0.4, -0.2) is 30.1 Å². The van der Waals surface area contributed by atoms with E-state index >= 15 is 0 Å². The Morgan fingerprint density at radius 2 is 2.08 bits per heavy atom. The molecule has 4 aromatic rings. The molecule has 4 rings (SSSR count). The first-order valence-electron chi connectivity index (χ1n) is 7.40. The molecule has 10 nitrogen and oxygen atoms in total. The van der Waals surface area contributed by atoms with Gasteiger partial charge < -0.3 is 14.7 Å². The standard InChI is InChI=1S/C15H12N6O4/c22-12(8-21-9-3-1-2-4-10(9)25-15(21)24)17-7-11-18-19-13-14(23)16-5-6-20(11)13/h1-6H,7-8H2,(H,16,23)(H,17,22). The molecule has 0 unspecified atom stereocenters. The largest absolute Gasteiger partial charge is 0.420 e. The van der Waals surface area contributed by atoms with E-state index in [1.807, 2.05) is 0 Å². The van der Waals surface area contributed by atoms with Crippen LogP contribution in [0.3, 0.4) is 0 Å². The van der Waals surface area contributed by atoms with Crippen molar-refractivity contribution in [2.45, 2.75) is 13.1 Å². The van der Waals surface area contributed by atoms with Gasteiger partial charge in [-0.25, -0.2) is 4.79 Å². The number of para-hydroxylation sites is 2. The summed E-state index contributed by atoms with van der Waals surface area (Å²) in [5, 5.41) is 10.3. The minimum Gasteiger partial charge on any atom is -0.408 e. The molecule has 10 heteroatoms. The number of carbonyl (C=O) groups is 1. The lowest BCUT2D eigenvalue weighted by molar-refractivity contribution is -0.121. The summed E-state index contributed by atoms with van der Waals surface area (Å²) in [5.74, 6) is -0.593. The van der Waals surface area contributed by atoms with E-state index in [1.165, 1.54) is 15.2 Å². The van der Waals surface area contributed by atoms with Crippen molar-refractivity contribution in [2.24, 2.45) is 0 Å². The van der Waals surface area contributed by atoms with Gasteiger partial charge in [-0.05, 0) is 12.1 Å². The van der Waals surface area contributed by atoms with Gasteiger partial charge in [-0.2, -0.15) is 0 Å². The Kier molecular flexibility index (Phi) is 3.42. The first kappa shape index (κ1) is 14.9. The average molecular weight is 340 g/mol. The monoisotopic (exact) mass is 340 g/mol. The molecule has 0 saturated carbocycles. The summed E-state index contributed by atoms with van der Waals surface area (Å²) in [6, 6.07) is 6.86. The highest BCUT2D eigenvalue weighted by atomic mass is 16.4. The number of nitrogens with zero attached hydrogens (tertiary/aromatic N) is 4. The molecule has 0 fully saturated rings. The van der Waals surface area contributed by atoms with Gasteiger partial charge in [0.2, 0.25) is 11.6 Å². The third-order valence-corrected chi connectivity index (χ3v) is 3.73. The van der Waals surface area contributed by atoms with E-state index in [0.717, 1.165) is 0 Å². The van der Waals surface area contributed by atoms with E-state index < -0.39 is 11.7 Å². The summed E-state index contributed by atoms with van der Waals surface area (Å²) in [7, 11) is 0. The lowest BCUT2D eigenvalue weighted by atomic mass is 10.3. The molecule has 0 aliphatic carbocycles. The van der Waals surface area contributed by atoms with Gasteiger partial charge in [-0.1, -0.05) is 12.1 Å². The number of hydrogen-bond acceptors (Lipinski definition) is 6. The van der Waals surface area contributed by atoms with Crippen LogP contribution < -0.4 is 16.6 Å². The van der Waals surface area contributed by atoms with Crippen LogP contribution in [-0.2, 0) is 17.9 Å². The molecule has 2 N–H and O–H groups in total. The lowest BCUT2D eigenvalue weighted by Gasteiger charge is -2.04. The van der Waals surface area contributed by atoms with Crippen molar-refractivity contribution in [1.29, 1.82) is 0 Å². The number of oxazole rings is 1. The highest BCUT2D eigenvalue weighted by Crippen LogP contribution is 2.11. The van der Waals surface area contributed by atoms with Crippen LogP contribution in [0.5, 0.6) is 0 Å². The predicted octanol–water partition coefficient (Wildman–Crippen LogP) is -0.358. The average Bonchev–Trinajstić information content (AvgIpc) is 3.16. The summed E-state index contributed by atoms with van der Waals surface area (Å²) < 4.78 is 7.82. The number of rotatable bonds is 4. The molecule has 1 aromatic carbocycles. The first-order chi connectivity index (χ1) is 12.1. The van der Waals surface area contributed by atoms with Crippen LogP contribution in [0.2, 0.25) is 0 Å². The SMILES string of the molecule is O=C(Cn1c(=O)oc2ccccc21)NCc1nnc2c(=O)[nH]ccn12. The molecule has 3 heterocycles. The van der Waals surface area contributed by atoms with Crippen LogP contribution in [0.4, 0.5) is 0 Å². The molecule has 0 aliphatic heterocycles. The second-order valence-electron chi connectivity index (χ2n) is 5.30. The summed E-state index contributed by atoms with van der Waals surface area (Å²) >= 11 is 0. The zero-order chi connectivity index (χ0) is 17.4. The third kappa shape index (κ3) is 2.59. The van der Waals surface area contributed by atoms with Crippen LogP contribution in [0.1, 0.15) is 5.82 Å². The number of aromatic nitrogens is 5. The first-order valence-corrected chi connectivity index (χ1v) is 7.40. The Balaban J connectivity index is 1.52. The van der Waals surface area contributed by atoms with Gasteiger partial charge in [0.1, 0.15) is 6.54 Å². The maximum atomic E-state index is 12.2. The van der Waals surface area contributed by atoms with Crippen molar-refractivity contribution in [3.8, 4) is 0 Å². The number of aromatic amines is 1. The van der Waals surface area contributed by atoms with E-state index in [4.69, 9.17) is 4.42 Å². The number of hydrogen-bond donors (Lipinski definition) is 2. The van der Waals surface area contributed by atoms with Crippen molar-refractivity contribution in [2.75, 3.05) is 0 Å². The molecule has 3 aromatic heterocycles. The van der Waals surface area contributed by atoms with Crippen molar-refractivity contribution in [3.05, 3.63) is 63.4 Å². The molecule has 0 saturated heterocycles. The molecule has 126 valence electrons. The van der Waals surface area contributed by atoms with Gasteiger partial charge in [0.05, 0.1) is 12.1 Å². The molecule has 25 heavy (non-hydrogen) atoms.